The van der Waals surface area contributed by atoms with Gasteiger partial charge in [-0.25, -0.2) is 4.98 Å². The second kappa shape index (κ2) is 7.01. The van der Waals surface area contributed by atoms with E-state index < -0.39 is 0 Å². The van der Waals surface area contributed by atoms with Gasteiger partial charge in [-0.05, 0) is 18.6 Å². The van der Waals surface area contributed by atoms with Gasteiger partial charge in [-0.1, -0.05) is 11.6 Å². The molecule has 0 aliphatic carbocycles. The van der Waals surface area contributed by atoms with Crippen LogP contribution in [-0.4, -0.2) is 34.9 Å². The van der Waals surface area contributed by atoms with Crippen LogP contribution in [0.3, 0.4) is 0 Å². The van der Waals surface area contributed by atoms with Crippen molar-refractivity contribution in [2.24, 2.45) is 5.73 Å². The van der Waals surface area contributed by atoms with Crippen LogP contribution < -0.4 is 5.73 Å². The molecule has 1 aliphatic heterocycles. The number of halogens is 3. The fourth-order valence-corrected chi connectivity index (χ4v) is 1.75. The average molecular weight is 299 g/mol. The molecule has 2 N–H and O–H groups in total. The smallest absolute Gasteiger partial charge is 0.272 e. The van der Waals surface area contributed by atoms with Crippen LogP contribution in [0.15, 0.2) is 18.3 Å². The van der Waals surface area contributed by atoms with Gasteiger partial charge < -0.3 is 10.6 Å². The lowest BCUT2D eigenvalue weighted by Crippen LogP contribution is -2.32. The van der Waals surface area contributed by atoms with Crippen molar-refractivity contribution in [1.29, 1.82) is 0 Å². The van der Waals surface area contributed by atoms with Crippen molar-refractivity contribution in [3.63, 3.8) is 0 Å². The molecule has 1 amide bonds. The number of hydrogen-bond acceptors (Lipinski definition) is 3. The fourth-order valence-electron chi connectivity index (χ4n) is 1.64. The monoisotopic (exact) mass is 297 g/mol. The molecule has 0 radical (unpaired) electrons. The van der Waals surface area contributed by atoms with Crippen molar-refractivity contribution in [1.82, 2.24) is 9.88 Å². The first-order valence-corrected chi connectivity index (χ1v) is 5.21. The third-order valence-electron chi connectivity index (χ3n) is 2.46. The molecular weight excluding hydrogens is 284 g/mol. The minimum Gasteiger partial charge on any atom is -0.336 e. The Balaban J connectivity index is 0.00000128. The Morgan fingerprint density at radius 1 is 1.47 bits per heavy atom. The number of nitrogens with zero attached hydrogens (tertiary/aromatic N) is 2. The number of amides is 1. The van der Waals surface area contributed by atoms with Gasteiger partial charge in [0.05, 0.1) is 5.02 Å². The van der Waals surface area contributed by atoms with Crippen LogP contribution in [0.25, 0.3) is 0 Å². The van der Waals surface area contributed by atoms with Crippen LogP contribution in [0.4, 0.5) is 0 Å². The SMILES string of the molecule is Cl.Cl.NC1CCN(C(=O)c2ccc(Cl)cn2)C1. The third-order valence-corrected chi connectivity index (χ3v) is 2.68. The number of nitrogens with two attached hydrogens (primary N) is 1. The predicted octanol–water partition coefficient (Wildman–Crippen LogP) is 1.75. The maximum atomic E-state index is 11.9. The quantitative estimate of drug-likeness (QED) is 0.859. The molecule has 1 saturated heterocycles. The van der Waals surface area contributed by atoms with E-state index in [1.54, 1.807) is 17.0 Å². The molecule has 17 heavy (non-hydrogen) atoms. The summed E-state index contributed by atoms with van der Waals surface area (Å²) in [4.78, 5) is 17.6. The molecule has 7 heteroatoms. The second-order valence-electron chi connectivity index (χ2n) is 3.66. The summed E-state index contributed by atoms with van der Waals surface area (Å²) < 4.78 is 0. The Kier molecular flexibility index (Phi) is 6.78. The summed E-state index contributed by atoms with van der Waals surface area (Å²) in [5.74, 6) is -0.0698. The maximum Gasteiger partial charge on any atom is 0.272 e. The molecule has 2 rings (SSSR count). The van der Waals surface area contributed by atoms with Crippen LogP contribution >= 0.6 is 36.4 Å². The van der Waals surface area contributed by atoms with Crippen molar-refractivity contribution in [2.75, 3.05) is 13.1 Å². The Labute approximate surface area is 117 Å². The molecule has 1 atom stereocenters. The van der Waals surface area contributed by atoms with Gasteiger partial charge in [-0.2, -0.15) is 0 Å². The molecule has 96 valence electrons. The van der Waals surface area contributed by atoms with E-state index in [0.717, 1.165) is 6.42 Å². The molecule has 0 bridgehead atoms. The summed E-state index contributed by atoms with van der Waals surface area (Å²) in [5.41, 5.74) is 6.15. The van der Waals surface area contributed by atoms with Gasteiger partial charge in [0.15, 0.2) is 0 Å². The topological polar surface area (TPSA) is 59.2 Å². The number of rotatable bonds is 1. The number of aromatic nitrogens is 1. The average Bonchev–Trinajstić information content (AvgIpc) is 2.65. The van der Waals surface area contributed by atoms with Crippen molar-refractivity contribution in [3.05, 3.63) is 29.0 Å². The molecular formula is C10H14Cl3N3O. The van der Waals surface area contributed by atoms with E-state index in [-0.39, 0.29) is 36.8 Å². The zero-order chi connectivity index (χ0) is 10.8. The van der Waals surface area contributed by atoms with E-state index in [9.17, 15) is 4.79 Å². The molecule has 2 heterocycles. The van der Waals surface area contributed by atoms with Crippen molar-refractivity contribution in [2.45, 2.75) is 12.5 Å². The van der Waals surface area contributed by atoms with Gasteiger partial charge in [-0.15, -0.1) is 24.8 Å². The molecule has 1 unspecified atom stereocenters. The van der Waals surface area contributed by atoms with Gasteiger partial charge in [0.25, 0.3) is 5.91 Å². The van der Waals surface area contributed by atoms with Crippen LogP contribution in [-0.2, 0) is 0 Å². The summed E-state index contributed by atoms with van der Waals surface area (Å²) in [6, 6.07) is 3.40. The largest absolute Gasteiger partial charge is 0.336 e. The van der Waals surface area contributed by atoms with Crippen molar-refractivity contribution < 1.29 is 4.79 Å². The van der Waals surface area contributed by atoms with Gasteiger partial charge in [0, 0.05) is 25.3 Å². The van der Waals surface area contributed by atoms with Gasteiger partial charge in [0.1, 0.15) is 5.69 Å². The van der Waals surface area contributed by atoms with E-state index in [4.69, 9.17) is 17.3 Å². The van der Waals surface area contributed by atoms with Gasteiger partial charge in [0.2, 0.25) is 0 Å². The lowest BCUT2D eigenvalue weighted by Gasteiger charge is -2.14. The Morgan fingerprint density at radius 2 is 2.18 bits per heavy atom. The Hall–Kier alpha value is -0.550. The summed E-state index contributed by atoms with van der Waals surface area (Å²) >= 11 is 5.69. The first-order chi connectivity index (χ1) is 7.16. The Bertz CT molecular complexity index is 372. The summed E-state index contributed by atoms with van der Waals surface area (Å²) in [5, 5.41) is 0.532. The number of pyridine rings is 1. The summed E-state index contributed by atoms with van der Waals surface area (Å²) in [6.45, 7) is 1.33. The molecule has 0 spiro atoms. The molecule has 0 aromatic carbocycles. The number of likely N-dealkylation sites (tertiary alicyclic amines) is 1. The highest BCUT2D eigenvalue weighted by molar-refractivity contribution is 6.30. The highest BCUT2D eigenvalue weighted by atomic mass is 35.5. The highest BCUT2D eigenvalue weighted by Crippen LogP contribution is 2.12. The Morgan fingerprint density at radius 3 is 2.65 bits per heavy atom. The van der Waals surface area contributed by atoms with Crippen LogP contribution in [0.5, 0.6) is 0 Å². The summed E-state index contributed by atoms with van der Waals surface area (Å²) in [7, 11) is 0. The standard InChI is InChI=1S/C10H12ClN3O.2ClH/c11-7-1-2-9(13-5-7)10(15)14-4-3-8(12)6-14;;/h1-2,5,8H,3-4,6,12H2;2*1H. The van der Waals surface area contributed by atoms with Crippen molar-refractivity contribution >= 4 is 42.3 Å². The maximum absolute atomic E-state index is 11.9. The number of carbonyl (C=O) groups is 1. The first kappa shape index (κ1) is 16.4. The third kappa shape index (κ3) is 4.00. The molecule has 1 fully saturated rings. The molecule has 0 saturated carbocycles. The minimum absolute atomic E-state index is 0. The lowest BCUT2D eigenvalue weighted by molar-refractivity contribution is 0.0785. The zero-order valence-electron chi connectivity index (χ0n) is 9.01. The van der Waals surface area contributed by atoms with Gasteiger partial charge in [-0.3, -0.25) is 4.79 Å². The zero-order valence-corrected chi connectivity index (χ0v) is 11.4. The molecule has 1 aromatic heterocycles. The highest BCUT2D eigenvalue weighted by Gasteiger charge is 2.24. The summed E-state index contributed by atoms with van der Waals surface area (Å²) in [6.07, 6.45) is 2.34. The van der Waals surface area contributed by atoms with E-state index in [1.807, 2.05) is 0 Å². The van der Waals surface area contributed by atoms with Crippen molar-refractivity contribution in [3.8, 4) is 0 Å². The predicted molar refractivity (Wildman–Crippen MR) is 72.2 cm³/mol. The van der Waals surface area contributed by atoms with Gasteiger partial charge >= 0.3 is 0 Å². The second-order valence-corrected chi connectivity index (χ2v) is 4.10. The normalized spacial score (nSPS) is 18.2. The van der Waals surface area contributed by atoms with E-state index >= 15 is 0 Å². The minimum atomic E-state index is -0.0698. The number of carbonyl (C=O) groups excluding carboxylic acids is 1. The van der Waals surface area contributed by atoms with E-state index in [0.29, 0.717) is 23.8 Å². The van der Waals surface area contributed by atoms with E-state index in [1.165, 1.54) is 6.20 Å². The van der Waals surface area contributed by atoms with E-state index in [2.05, 4.69) is 4.98 Å². The molecule has 1 aromatic rings. The molecule has 1 aliphatic rings. The lowest BCUT2D eigenvalue weighted by atomic mass is 10.3. The van der Waals surface area contributed by atoms with Crippen LogP contribution in [0.2, 0.25) is 5.02 Å². The van der Waals surface area contributed by atoms with Crippen LogP contribution in [0.1, 0.15) is 16.9 Å². The van der Waals surface area contributed by atoms with Crippen LogP contribution in [0, 0.1) is 0 Å². The number of hydrogen-bond donors (Lipinski definition) is 1. The molecule has 4 nitrogen and oxygen atoms in total. The fraction of sp³-hybridized carbons (Fsp3) is 0.400. The first-order valence-electron chi connectivity index (χ1n) is 4.83.